The molecule has 0 aromatic heterocycles. The largest absolute Gasteiger partial charge is 0.297 e. The van der Waals surface area contributed by atoms with Crippen LogP contribution in [0, 0.1) is 0 Å². The van der Waals surface area contributed by atoms with Crippen LogP contribution in [0.25, 0.3) is 0 Å². The summed E-state index contributed by atoms with van der Waals surface area (Å²) in [7, 11) is 0. The van der Waals surface area contributed by atoms with E-state index in [0.29, 0.717) is 0 Å². The topological polar surface area (TPSA) is 17.1 Å². The van der Waals surface area contributed by atoms with E-state index in [1.165, 1.54) is 11.8 Å². The number of carbonyl (C=O) groups is 1. The Morgan fingerprint density at radius 2 is 2.00 bits per heavy atom. The summed E-state index contributed by atoms with van der Waals surface area (Å²) in [5.41, 5.74) is 0. The van der Waals surface area contributed by atoms with E-state index in [9.17, 15) is 4.79 Å². The van der Waals surface area contributed by atoms with Gasteiger partial charge in [0.15, 0.2) is 6.29 Å². The number of hydrogen-bond acceptors (Lipinski definition) is 2. The van der Waals surface area contributed by atoms with E-state index in [4.69, 9.17) is 0 Å². The lowest BCUT2D eigenvalue weighted by molar-refractivity contribution is -0.104. The molecule has 0 atom stereocenters. The van der Waals surface area contributed by atoms with Gasteiger partial charge < -0.3 is 0 Å². The van der Waals surface area contributed by atoms with Gasteiger partial charge in [0.1, 0.15) is 0 Å². The van der Waals surface area contributed by atoms with Crippen LogP contribution in [0.1, 0.15) is 6.92 Å². The average Bonchev–Trinajstić information content (AvgIpc) is 2.16. The van der Waals surface area contributed by atoms with Crippen LogP contribution in [-0.2, 0) is 4.79 Å². The van der Waals surface area contributed by atoms with Crippen molar-refractivity contribution in [1.82, 2.24) is 0 Å². The minimum absolute atomic E-state index is 0.751. The predicted molar refractivity (Wildman–Crippen MR) is 52.1 cm³/mol. The van der Waals surface area contributed by atoms with Gasteiger partial charge in [-0.15, -0.1) is 0 Å². The molecule has 0 spiro atoms. The van der Waals surface area contributed by atoms with Crippen molar-refractivity contribution in [3.8, 4) is 0 Å². The van der Waals surface area contributed by atoms with E-state index in [2.05, 4.69) is 0 Å². The number of carbonyl (C=O) groups excluding carboxylic acids is 1. The Morgan fingerprint density at radius 1 is 1.33 bits per heavy atom. The third-order valence-corrected chi connectivity index (χ3v) is 2.46. The summed E-state index contributed by atoms with van der Waals surface area (Å²) < 4.78 is 0. The first-order chi connectivity index (χ1) is 5.86. The second-order valence-electron chi connectivity index (χ2n) is 2.22. The summed E-state index contributed by atoms with van der Waals surface area (Å²) in [4.78, 5) is 12.3. The molecule has 0 saturated carbocycles. The Hall–Kier alpha value is -1.02. The second-order valence-corrected chi connectivity index (χ2v) is 3.37. The van der Waals surface area contributed by atoms with Gasteiger partial charge in [0.05, 0.1) is 0 Å². The number of allylic oxidation sites excluding steroid dienone is 2. The van der Waals surface area contributed by atoms with Crippen LogP contribution in [-0.4, -0.2) is 6.29 Å². The van der Waals surface area contributed by atoms with Crippen molar-refractivity contribution in [2.75, 3.05) is 0 Å². The Kier molecular flexibility index (Phi) is 3.61. The van der Waals surface area contributed by atoms with Gasteiger partial charge in [0, 0.05) is 9.80 Å². The first-order valence-electron chi connectivity index (χ1n) is 3.71. The van der Waals surface area contributed by atoms with E-state index in [1.54, 1.807) is 0 Å². The Balaban J connectivity index is 2.70. The highest BCUT2D eigenvalue weighted by molar-refractivity contribution is 8.03. The van der Waals surface area contributed by atoms with Gasteiger partial charge in [-0.3, -0.25) is 4.79 Å². The molecule has 12 heavy (non-hydrogen) atoms. The molecule has 1 nitrogen and oxygen atoms in total. The van der Waals surface area contributed by atoms with Crippen LogP contribution in [0.3, 0.4) is 0 Å². The fourth-order valence-corrected chi connectivity index (χ4v) is 1.51. The summed E-state index contributed by atoms with van der Waals surface area (Å²) >= 11 is 1.48. The summed E-state index contributed by atoms with van der Waals surface area (Å²) in [5, 5.41) is 0. The molecular weight excluding hydrogens is 168 g/mol. The molecule has 0 N–H and O–H groups in total. The average molecular weight is 178 g/mol. The van der Waals surface area contributed by atoms with E-state index >= 15 is 0 Å². The minimum atomic E-state index is 0.751. The Bertz CT molecular complexity index is 277. The van der Waals surface area contributed by atoms with Gasteiger partial charge in [-0.25, -0.2) is 0 Å². The zero-order chi connectivity index (χ0) is 8.81. The highest BCUT2D eigenvalue weighted by atomic mass is 32.2. The fourth-order valence-electron chi connectivity index (χ4n) is 0.776. The van der Waals surface area contributed by atoms with Crippen LogP contribution in [0.4, 0.5) is 0 Å². The van der Waals surface area contributed by atoms with Gasteiger partial charge in [-0.05, 0) is 19.1 Å². The highest BCUT2D eigenvalue weighted by Crippen LogP contribution is 2.23. The molecular formula is C10H10OS. The van der Waals surface area contributed by atoms with Crippen molar-refractivity contribution in [1.29, 1.82) is 0 Å². The number of thioether (sulfide) groups is 1. The van der Waals surface area contributed by atoms with Crippen molar-refractivity contribution < 1.29 is 4.79 Å². The maximum atomic E-state index is 10.5. The van der Waals surface area contributed by atoms with Crippen molar-refractivity contribution >= 4 is 18.0 Å². The Labute approximate surface area is 76.5 Å². The smallest absolute Gasteiger partial charge is 0.156 e. The molecule has 1 rings (SSSR count). The van der Waals surface area contributed by atoms with Gasteiger partial charge in [0.2, 0.25) is 0 Å². The molecule has 0 heterocycles. The lowest BCUT2D eigenvalue weighted by Gasteiger charge is -1.97. The molecule has 1 aromatic rings. The van der Waals surface area contributed by atoms with Gasteiger partial charge in [0.25, 0.3) is 0 Å². The monoisotopic (exact) mass is 178 g/mol. The quantitative estimate of drug-likeness (QED) is 0.402. The summed E-state index contributed by atoms with van der Waals surface area (Å²) in [6.07, 6.45) is 2.68. The SMILES string of the molecule is C/C=C(\C=O)Sc1ccccc1. The van der Waals surface area contributed by atoms with Gasteiger partial charge >= 0.3 is 0 Å². The molecule has 0 aliphatic rings. The van der Waals surface area contributed by atoms with Crippen LogP contribution >= 0.6 is 11.8 Å². The number of hydrogen-bond donors (Lipinski definition) is 0. The number of benzene rings is 1. The summed E-state index contributed by atoms with van der Waals surface area (Å²) in [6.45, 7) is 1.86. The maximum absolute atomic E-state index is 10.5. The first-order valence-corrected chi connectivity index (χ1v) is 4.53. The lowest BCUT2D eigenvalue weighted by Crippen LogP contribution is -1.76. The molecule has 0 aliphatic carbocycles. The third-order valence-electron chi connectivity index (χ3n) is 1.38. The molecule has 1 aromatic carbocycles. The lowest BCUT2D eigenvalue weighted by atomic mass is 10.4. The summed E-state index contributed by atoms with van der Waals surface area (Å²) in [5.74, 6) is 0. The number of aldehydes is 1. The van der Waals surface area contributed by atoms with Crippen LogP contribution < -0.4 is 0 Å². The second kappa shape index (κ2) is 4.78. The fraction of sp³-hybridized carbons (Fsp3) is 0.100. The zero-order valence-electron chi connectivity index (χ0n) is 6.86. The highest BCUT2D eigenvalue weighted by Gasteiger charge is 1.95. The van der Waals surface area contributed by atoms with E-state index in [1.807, 2.05) is 43.3 Å². The molecule has 0 amide bonds. The Morgan fingerprint density at radius 3 is 2.50 bits per heavy atom. The van der Waals surface area contributed by atoms with Gasteiger partial charge in [-0.2, -0.15) is 0 Å². The minimum Gasteiger partial charge on any atom is -0.297 e. The molecule has 0 saturated heterocycles. The maximum Gasteiger partial charge on any atom is 0.156 e. The zero-order valence-corrected chi connectivity index (χ0v) is 7.67. The van der Waals surface area contributed by atoms with Crippen LogP contribution in [0.15, 0.2) is 46.2 Å². The van der Waals surface area contributed by atoms with Crippen LogP contribution in [0.5, 0.6) is 0 Å². The summed E-state index contributed by atoms with van der Waals surface area (Å²) in [6, 6.07) is 9.84. The standard InChI is InChI=1S/C10H10OS/c1-2-9(8-11)12-10-6-4-3-5-7-10/h2-8H,1H3/b9-2+. The molecule has 0 aliphatic heterocycles. The van der Waals surface area contributed by atoms with Crippen molar-refractivity contribution in [2.45, 2.75) is 11.8 Å². The predicted octanol–water partition coefficient (Wildman–Crippen LogP) is 2.88. The van der Waals surface area contributed by atoms with Crippen molar-refractivity contribution in [3.63, 3.8) is 0 Å². The molecule has 2 heteroatoms. The molecule has 0 fully saturated rings. The molecule has 0 unspecified atom stereocenters. The van der Waals surface area contributed by atoms with Crippen molar-refractivity contribution in [3.05, 3.63) is 41.3 Å². The van der Waals surface area contributed by atoms with Crippen molar-refractivity contribution in [2.24, 2.45) is 0 Å². The van der Waals surface area contributed by atoms with Gasteiger partial charge in [-0.1, -0.05) is 36.0 Å². The number of rotatable bonds is 3. The molecule has 0 radical (unpaired) electrons. The van der Waals surface area contributed by atoms with E-state index in [-0.39, 0.29) is 0 Å². The first kappa shape index (κ1) is 9.07. The van der Waals surface area contributed by atoms with Crippen LogP contribution in [0.2, 0.25) is 0 Å². The normalized spacial score (nSPS) is 11.2. The third kappa shape index (κ3) is 2.55. The molecule has 0 bridgehead atoms. The van der Waals surface area contributed by atoms with E-state index in [0.717, 1.165) is 16.1 Å². The molecule has 62 valence electrons. The van der Waals surface area contributed by atoms with E-state index < -0.39 is 0 Å².